The van der Waals surface area contributed by atoms with Crippen LogP contribution in [-0.4, -0.2) is 28.8 Å². The van der Waals surface area contributed by atoms with Gasteiger partial charge in [-0.15, -0.1) is 0 Å². The van der Waals surface area contributed by atoms with E-state index in [4.69, 9.17) is 0 Å². The number of rotatable bonds is 5. The lowest BCUT2D eigenvalue weighted by Crippen LogP contribution is -2.18. The molecule has 180 valence electrons. The molecule has 0 fully saturated rings. The number of fused-ring (bicyclic) bond motifs is 1. The Morgan fingerprint density at radius 2 is 1.71 bits per heavy atom. The fraction of sp³-hybridized carbons (Fsp3) is 0.160. The van der Waals surface area contributed by atoms with Gasteiger partial charge in [-0.25, -0.2) is 4.98 Å². The van der Waals surface area contributed by atoms with Gasteiger partial charge in [0.15, 0.2) is 0 Å². The maximum Gasteiger partial charge on any atom is 0.416 e. The smallest absolute Gasteiger partial charge is 0.387 e. The minimum absolute atomic E-state index is 0.0875. The van der Waals surface area contributed by atoms with Gasteiger partial charge in [0.1, 0.15) is 5.65 Å². The summed E-state index contributed by atoms with van der Waals surface area (Å²) in [4.78, 5) is 33.1. The van der Waals surface area contributed by atoms with Crippen LogP contribution in [0.25, 0.3) is 11.0 Å². The Morgan fingerprint density at radius 3 is 2.43 bits per heavy atom. The number of hydrogen-bond donors (Lipinski definition) is 4. The summed E-state index contributed by atoms with van der Waals surface area (Å²) in [6.45, 7) is 3.04. The number of H-pyrrole nitrogens is 1. The van der Waals surface area contributed by atoms with Crippen molar-refractivity contribution >= 4 is 39.9 Å². The molecule has 0 bridgehead atoms. The van der Waals surface area contributed by atoms with Crippen LogP contribution in [0.4, 0.5) is 30.2 Å². The van der Waals surface area contributed by atoms with Crippen molar-refractivity contribution in [2.45, 2.75) is 20.0 Å². The highest BCUT2D eigenvalue weighted by Crippen LogP contribution is 2.33. The number of benzene rings is 2. The van der Waals surface area contributed by atoms with Gasteiger partial charge in [-0.1, -0.05) is 12.1 Å². The molecule has 35 heavy (non-hydrogen) atoms. The summed E-state index contributed by atoms with van der Waals surface area (Å²) < 4.78 is 39.7. The van der Waals surface area contributed by atoms with Gasteiger partial charge in [0, 0.05) is 41.8 Å². The largest absolute Gasteiger partial charge is 0.416 e. The van der Waals surface area contributed by atoms with Crippen molar-refractivity contribution < 1.29 is 22.8 Å². The molecule has 0 aliphatic carbocycles. The van der Waals surface area contributed by atoms with Crippen LogP contribution in [0.5, 0.6) is 0 Å². The number of pyridine rings is 1. The second-order valence-corrected chi connectivity index (χ2v) is 7.95. The van der Waals surface area contributed by atoms with Gasteiger partial charge >= 0.3 is 6.18 Å². The van der Waals surface area contributed by atoms with E-state index >= 15 is 0 Å². The van der Waals surface area contributed by atoms with Crippen LogP contribution in [0.15, 0.2) is 54.9 Å². The molecule has 0 atom stereocenters. The van der Waals surface area contributed by atoms with Gasteiger partial charge in [-0.2, -0.15) is 13.2 Å². The van der Waals surface area contributed by atoms with Crippen LogP contribution < -0.4 is 16.0 Å². The van der Waals surface area contributed by atoms with Crippen molar-refractivity contribution in [3.63, 3.8) is 0 Å². The maximum atomic E-state index is 13.2. The summed E-state index contributed by atoms with van der Waals surface area (Å²) in [5, 5.41) is 9.22. The average Bonchev–Trinajstić information content (AvgIpc) is 3.28. The van der Waals surface area contributed by atoms with Crippen LogP contribution in [0.1, 0.15) is 37.4 Å². The standard InChI is InChI=1S/C25H22F3N5O2/c1-13-7-8-15(32-23(34)16-5-4-6-19(14(16)2)25(26,27)28)11-20(13)33-24(35)18-12-31-22-17(9-10-30-22)21(18)29-3/h4-12H,1-3H3,(H,32,34)(H,33,35)(H2,29,30,31). The summed E-state index contributed by atoms with van der Waals surface area (Å²) in [7, 11) is 1.70. The highest BCUT2D eigenvalue weighted by Gasteiger charge is 2.33. The van der Waals surface area contributed by atoms with Crippen molar-refractivity contribution in [1.82, 2.24) is 9.97 Å². The van der Waals surface area contributed by atoms with E-state index in [0.717, 1.165) is 17.0 Å². The third-order valence-electron chi connectivity index (χ3n) is 5.71. The first-order chi connectivity index (χ1) is 16.6. The summed E-state index contributed by atoms with van der Waals surface area (Å²) in [6, 6.07) is 10.1. The summed E-state index contributed by atoms with van der Waals surface area (Å²) in [5.41, 5.74) is 1.94. The Morgan fingerprint density at radius 1 is 0.971 bits per heavy atom. The second kappa shape index (κ2) is 9.13. The Bertz CT molecular complexity index is 1440. The quantitative estimate of drug-likeness (QED) is 0.292. The highest BCUT2D eigenvalue weighted by atomic mass is 19.4. The Labute approximate surface area is 198 Å². The van der Waals surface area contributed by atoms with Crippen molar-refractivity contribution in [3.05, 3.63) is 82.7 Å². The van der Waals surface area contributed by atoms with Gasteiger partial charge < -0.3 is 20.9 Å². The van der Waals surface area contributed by atoms with E-state index in [-0.39, 0.29) is 11.1 Å². The minimum atomic E-state index is -4.56. The van der Waals surface area contributed by atoms with Crippen molar-refractivity contribution in [2.75, 3.05) is 23.0 Å². The predicted octanol–water partition coefficient (Wildman–Crippen LogP) is 5.74. The SMILES string of the molecule is CNc1c(C(=O)Nc2cc(NC(=O)c3cccc(C(F)(F)F)c3C)ccc2C)cnc2[nH]ccc12. The maximum absolute atomic E-state index is 13.2. The van der Waals surface area contributed by atoms with E-state index in [9.17, 15) is 22.8 Å². The third-order valence-corrected chi connectivity index (χ3v) is 5.71. The zero-order valence-corrected chi connectivity index (χ0v) is 19.1. The number of nitrogens with zero attached hydrogens (tertiary/aromatic N) is 1. The first-order valence-corrected chi connectivity index (χ1v) is 10.6. The van der Waals surface area contributed by atoms with Gasteiger partial charge in [0.2, 0.25) is 0 Å². The van der Waals surface area contributed by atoms with E-state index in [1.807, 2.05) is 6.07 Å². The summed E-state index contributed by atoms with van der Waals surface area (Å²) >= 11 is 0. The number of alkyl halides is 3. The number of anilines is 3. The van der Waals surface area contributed by atoms with Crippen LogP contribution in [-0.2, 0) is 6.18 Å². The molecular weight excluding hydrogens is 459 g/mol. The Balaban J connectivity index is 1.59. The Hall–Kier alpha value is -4.34. The number of aromatic amines is 1. The van der Waals surface area contributed by atoms with Crippen LogP contribution in [0.2, 0.25) is 0 Å². The fourth-order valence-corrected chi connectivity index (χ4v) is 3.86. The minimum Gasteiger partial charge on any atom is -0.387 e. The van der Waals surface area contributed by atoms with Crippen LogP contribution in [0, 0.1) is 13.8 Å². The Kier molecular flexibility index (Phi) is 6.21. The summed E-state index contributed by atoms with van der Waals surface area (Å²) in [6.07, 6.45) is -1.38. The van der Waals surface area contributed by atoms with Gasteiger partial charge in [0.05, 0.1) is 16.8 Å². The first kappa shape index (κ1) is 23.8. The topological polar surface area (TPSA) is 98.9 Å². The number of hydrogen-bond acceptors (Lipinski definition) is 4. The molecule has 0 aliphatic heterocycles. The first-order valence-electron chi connectivity index (χ1n) is 10.6. The number of aromatic nitrogens is 2. The van der Waals surface area contributed by atoms with Gasteiger partial charge in [-0.3, -0.25) is 9.59 Å². The number of carbonyl (C=O) groups excluding carboxylic acids is 2. The van der Waals surface area contributed by atoms with Crippen LogP contribution >= 0.6 is 0 Å². The number of nitrogens with one attached hydrogen (secondary N) is 4. The molecule has 4 N–H and O–H groups in total. The van der Waals surface area contributed by atoms with Gasteiger partial charge in [0.25, 0.3) is 11.8 Å². The van der Waals surface area contributed by atoms with Crippen molar-refractivity contribution in [1.29, 1.82) is 0 Å². The van der Waals surface area contributed by atoms with Crippen molar-refractivity contribution in [2.24, 2.45) is 0 Å². The zero-order valence-electron chi connectivity index (χ0n) is 19.1. The predicted molar refractivity (Wildman–Crippen MR) is 129 cm³/mol. The number of amides is 2. The number of carbonyl (C=O) groups is 2. The zero-order chi connectivity index (χ0) is 25.3. The fourth-order valence-electron chi connectivity index (χ4n) is 3.86. The molecule has 7 nitrogen and oxygen atoms in total. The molecule has 0 unspecified atom stereocenters. The molecule has 2 aromatic carbocycles. The molecule has 4 rings (SSSR count). The average molecular weight is 481 g/mol. The van der Waals surface area contributed by atoms with E-state index < -0.39 is 23.6 Å². The molecule has 10 heteroatoms. The number of aryl methyl sites for hydroxylation is 1. The summed E-state index contributed by atoms with van der Waals surface area (Å²) in [5.74, 6) is -1.10. The molecule has 0 radical (unpaired) electrons. The normalized spacial score (nSPS) is 11.4. The molecule has 0 saturated carbocycles. The molecule has 4 aromatic rings. The van der Waals surface area contributed by atoms with E-state index in [0.29, 0.717) is 28.3 Å². The van der Waals surface area contributed by atoms with Crippen molar-refractivity contribution in [3.8, 4) is 0 Å². The molecule has 0 aliphatic rings. The van der Waals surface area contributed by atoms with Crippen LogP contribution in [0.3, 0.4) is 0 Å². The molecule has 2 amide bonds. The van der Waals surface area contributed by atoms with E-state index in [2.05, 4.69) is 25.9 Å². The molecule has 0 spiro atoms. The lowest BCUT2D eigenvalue weighted by atomic mass is 10.0. The third kappa shape index (κ3) is 4.68. The van der Waals surface area contributed by atoms with E-state index in [1.165, 1.54) is 25.3 Å². The van der Waals surface area contributed by atoms with E-state index in [1.54, 1.807) is 38.4 Å². The molecule has 0 saturated heterocycles. The molecular formula is C25H22F3N5O2. The monoisotopic (exact) mass is 481 g/mol. The number of halogens is 3. The highest BCUT2D eigenvalue weighted by molar-refractivity contribution is 6.12. The lowest BCUT2D eigenvalue weighted by Gasteiger charge is -2.15. The second-order valence-electron chi connectivity index (χ2n) is 7.95. The van der Waals surface area contributed by atoms with Gasteiger partial charge in [-0.05, 0) is 55.3 Å². The molecule has 2 aromatic heterocycles. The molecule has 2 heterocycles. The lowest BCUT2D eigenvalue weighted by molar-refractivity contribution is -0.138.